The molecule has 0 bridgehead atoms. The normalized spacial score (nSPS) is 25.9. The Hall–Kier alpha value is -1.16. The number of aliphatic hydroxyl groups is 7. The molecule has 1 unspecified atom stereocenters. The minimum atomic E-state index is -4.86. The molecule has 8 N–H and O–H groups in total. The number of allylic oxidation sites excluding steroid dienone is 1. The van der Waals surface area contributed by atoms with Crippen molar-refractivity contribution in [3.8, 4) is 0 Å². The van der Waals surface area contributed by atoms with E-state index in [2.05, 4.69) is 26.1 Å². The zero-order valence-electron chi connectivity index (χ0n) is 48.8. The van der Waals surface area contributed by atoms with E-state index in [4.69, 9.17) is 28.0 Å². The fourth-order valence-electron chi connectivity index (χ4n) is 9.69. The number of likely N-dealkylation sites (N-methyl/N-ethyl adjacent to an activating group) is 1. The van der Waals surface area contributed by atoms with Crippen LogP contribution in [0.1, 0.15) is 220 Å². The molecule has 0 saturated carbocycles. The summed E-state index contributed by atoms with van der Waals surface area (Å²) in [6.45, 7) is 5.22. The van der Waals surface area contributed by atoms with Crippen molar-refractivity contribution in [2.45, 2.75) is 293 Å². The summed E-state index contributed by atoms with van der Waals surface area (Å²) in [5.74, 6) is 0.486. The number of aliphatic hydroxyl groups excluding tert-OH is 7. The lowest BCUT2D eigenvalue weighted by Gasteiger charge is -2.43. The van der Waals surface area contributed by atoms with E-state index in [1.54, 1.807) is 6.08 Å². The lowest BCUT2D eigenvalue weighted by molar-refractivity contribution is -0.870. The Bertz CT molecular complexity index is 1530. The molecule has 0 aromatic rings. The van der Waals surface area contributed by atoms with Gasteiger partial charge in [-0.2, -0.15) is 0 Å². The highest BCUT2D eigenvalue weighted by Crippen LogP contribution is 2.39. The number of unbranched alkanes of at least 4 members (excludes halogenated alkanes) is 27. The number of hydrogen-bond acceptors (Lipinski definition) is 16. The Morgan fingerprint density at radius 3 is 1.49 bits per heavy atom. The predicted octanol–water partition coefficient (Wildman–Crippen LogP) is 8.01. The number of carbonyl (C=O) groups is 1. The van der Waals surface area contributed by atoms with Gasteiger partial charge in [-0.25, -0.2) is 0 Å². The number of rotatable bonds is 48. The van der Waals surface area contributed by atoms with Crippen molar-refractivity contribution in [1.82, 2.24) is 5.32 Å². The number of carbonyl (C=O) groups excluding carboxylic acids is 1. The van der Waals surface area contributed by atoms with Crippen molar-refractivity contribution in [3.05, 3.63) is 12.2 Å². The summed E-state index contributed by atoms with van der Waals surface area (Å²) < 4.78 is 45.6. The van der Waals surface area contributed by atoms with Gasteiger partial charge in [0.2, 0.25) is 5.91 Å². The SMILES string of the molecule is CCCCCCCCCCCCCCCCCCCCCCC(=O)N[C@@H](CO[C@@H]1O[C@H](CO[C@@H]2O[C@H](COP(=O)([O-])OCC[N+](C)(C)C)[C@H](O)[C@H](O)[C@H]2O)[C@H](O)[C@H](O)[C@H]1O)[C@H](O)/C=C/CCCCCCCCCCC(C)C. The third-order valence-electron chi connectivity index (χ3n) is 14.9. The highest BCUT2D eigenvalue weighted by molar-refractivity contribution is 7.45. The van der Waals surface area contributed by atoms with Crippen molar-refractivity contribution in [2.24, 2.45) is 5.92 Å². The van der Waals surface area contributed by atoms with E-state index in [0.29, 0.717) is 17.4 Å². The first-order valence-electron chi connectivity index (χ1n) is 30.4. The van der Waals surface area contributed by atoms with Crippen molar-refractivity contribution < 1.29 is 82.5 Å². The fourth-order valence-corrected chi connectivity index (χ4v) is 10.4. The molecule has 0 aromatic heterocycles. The number of quaternary nitrogens is 1. The zero-order chi connectivity index (χ0) is 56.9. The van der Waals surface area contributed by atoms with Gasteiger partial charge in [-0.1, -0.05) is 206 Å². The molecular formula is C58H113N2O16P. The van der Waals surface area contributed by atoms with Crippen molar-refractivity contribution in [3.63, 3.8) is 0 Å². The largest absolute Gasteiger partial charge is 0.756 e. The van der Waals surface area contributed by atoms with E-state index in [1.165, 1.54) is 141 Å². The van der Waals surface area contributed by atoms with E-state index >= 15 is 0 Å². The second kappa shape index (κ2) is 42.6. The van der Waals surface area contributed by atoms with Gasteiger partial charge in [0.15, 0.2) is 12.6 Å². The van der Waals surface area contributed by atoms with Gasteiger partial charge in [0, 0.05) is 6.42 Å². The Morgan fingerprint density at radius 1 is 0.597 bits per heavy atom. The second-order valence-electron chi connectivity index (χ2n) is 23.6. The lowest BCUT2D eigenvalue weighted by atomic mass is 9.98. The van der Waals surface area contributed by atoms with Gasteiger partial charge in [-0.05, 0) is 25.2 Å². The molecule has 19 heteroatoms. The van der Waals surface area contributed by atoms with Crippen LogP contribution in [0.5, 0.6) is 0 Å². The molecule has 2 aliphatic heterocycles. The van der Waals surface area contributed by atoms with Gasteiger partial charge >= 0.3 is 0 Å². The number of ether oxygens (including phenoxy) is 4. The molecule has 0 aromatic carbocycles. The van der Waals surface area contributed by atoms with E-state index in [-0.39, 0.29) is 25.5 Å². The molecule has 2 saturated heterocycles. The van der Waals surface area contributed by atoms with Crippen LogP contribution in [-0.2, 0) is 37.4 Å². The van der Waals surface area contributed by atoms with Gasteiger partial charge in [-0.3, -0.25) is 9.36 Å². The van der Waals surface area contributed by atoms with E-state index < -0.39 is 94.6 Å². The van der Waals surface area contributed by atoms with Gasteiger partial charge < -0.3 is 78.4 Å². The molecule has 77 heavy (non-hydrogen) atoms. The van der Waals surface area contributed by atoms with Gasteiger partial charge in [0.05, 0.1) is 53.1 Å². The minimum absolute atomic E-state index is 0.174. The molecule has 1 amide bonds. The van der Waals surface area contributed by atoms with Crippen LogP contribution in [0.25, 0.3) is 0 Å². The molecule has 0 spiro atoms. The summed E-state index contributed by atoms with van der Waals surface area (Å²) in [7, 11) is 0.682. The summed E-state index contributed by atoms with van der Waals surface area (Å²) >= 11 is 0. The summed E-state index contributed by atoms with van der Waals surface area (Å²) in [5, 5.41) is 78.8. The molecule has 2 rings (SSSR count). The third kappa shape index (κ3) is 34.1. The van der Waals surface area contributed by atoms with Gasteiger partial charge in [0.1, 0.15) is 62.0 Å². The molecular weight excluding hydrogens is 1010 g/mol. The van der Waals surface area contributed by atoms with Crippen LogP contribution in [0.15, 0.2) is 12.2 Å². The summed E-state index contributed by atoms with van der Waals surface area (Å²) in [6, 6.07) is -0.959. The Balaban J connectivity index is 1.89. The van der Waals surface area contributed by atoms with E-state index in [1.807, 2.05) is 27.2 Å². The second-order valence-corrected chi connectivity index (χ2v) is 25.1. The molecule has 2 aliphatic rings. The van der Waals surface area contributed by atoms with Crippen LogP contribution in [0.3, 0.4) is 0 Å². The van der Waals surface area contributed by atoms with Crippen LogP contribution in [0, 0.1) is 5.92 Å². The molecule has 0 radical (unpaired) electrons. The zero-order valence-corrected chi connectivity index (χ0v) is 49.7. The van der Waals surface area contributed by atoms with Gasteiger partial charge in [0.25, 0.3) is 7.82 Å². The van der Waals surface area contributed by atoms with E-state index in [9.17, 15) is 50.0 Å². The maximum Gasteiger partial charge on any atom is 0.268 e. The average molecular weight is 1130 g/mol. The summed E-state index contributed by atoms with van der Waals surface area (Å²) in [4.78, 5) is 25.7. The van der Waals surface area contributed by atoms with Crippen LogP contribution in [-0.4, -0.2) is 174 Å². The highest BCUT2D eigenvalue weighted by atomic mass is 31.2. The third-order valence-corrected chi connectivity index (χ3v) is 15.8. The standard InChI is InChI=1S/C58H113N2O16P/c1-7-8-9-10-11-12-13-14-15-16-17-18-19-20-21-22-27-30-33-36-39-50(62)59-46(47(61)38-35-32-29-26-24-23-25-28-31-34-37-45(2)3)42-71-57-55(67)53(65)51(63)48(75-57)43-72-58-56(68)54(66)52(64)49(76-58)44-74-77(69,70)73-41-40-60(4,5)6/h35,38,45-49,51-58,61,63-68H,7-34,36-37,39-44H2,1-6H3,(H-,59,62,69,70)/b38-35+/t46-,47+,48+,49+,51-,52-,53-,54-,55+,56+,57+,58+/m0/s1. The first-order valence-corrected chi connectivity index (χ1v) is 31.9. The number of hydrogen-bond donors (Lipinski definition) is 8. The van der Waals surface area contributed by atoms with Crippen molar-refractivity contribution >= 4 is 13.7 Å². The quantitative estimate of drug-likeness (QED) is 0.0124. The summed E-state index contributed by atoms with van der Waals surface area (Å²) in [5.41, 5.74) is 0. The first kappa shape index (κ1) is 71.9. The Morgan fingerprint density at radius 2 is 1.03 bits per heavy atom. The number of phosphoric ester groups is 1. The number of amides is 1. The first-order chi connectivity index (χ1) is 36.8. The van der Waals surface area contributed by atoms with E-state index in [0.717, 1.165) is 50.9 Å². The smallest absolute Gasteiger partial charge is 0.268 e. The average Bonchev–Trinajstić information content (AvgIpc) is 3.38. The number of nitrogens with one attached hydrogen (secondary N) is 1. The van der Waals surface area contributed by atoms with Crippen molar-refractivity contribution in [1.29, 1.82) is 0 Å². The van der Waals surface area contributed by atoms with Crippen LogP contribution >= 0.6 is 7.82 Å². The van der Waals surface area contributed by atoms with Crippen LogP contribution < -0.4 is 10.2 Å². The van der Waals surface area contributed by atoms with Crippen molar-refractivity contribution in [2.75, 3.05) is 54.1 Å². The fraction of sp³-hybridized carbons (Fsp3) is 0.948. The van der Waals surface area contributed by atoms with Crippen LogP contribution in [0.4, 0.5) is 0 Å². The molecule has 0 aliphatic carbocycles. The van der Waals surface area contributed by atoms with Crippen LogP contribution in [0.2, 0.25) is 0 Å². The molecule has 2 fully saturated rings. The topological polar surface area (TPSA) is 266 Å². The maximum absolute atomic E-state index is 13.3. The highest BCUT2D eigenvalue weighted by Gasteiger charge is 2.48. The number of phosphoric acid groups is 1. The summed E-state index contributed by atoms with van der Waals surface area (Å²) in [6.07, 6.45) is 22.3. The minimum Gasteiger partial charge on any atom is -0.756 e. The monoisotopic (exact) mass is 1120 g/mol. The lowest BCUT2D eigenvalue weighted by Crippen LogP contribution is -2.62. The Kier molecular flexibility index (Phi) is 39.8. The maximum atomic E-state index is 13.3. The van der Waals surface area contributed by atoms with Gasteiger partial charge in [-0.15, -0.1) is 0 Å². The molecule has 456 valence electrons. The Labute approximate surface area is 465 Å². The molecule has 2 heterocycles. The number of nitrogens with zero attached hydrogens (tertiary/aromatic N) is 1. The predicted molar refractivity (Wildman–Crippen MR) is 298 cm³/mol. The molecule has 18 nitrogen and oxygen atoms in total. The molecule has 13 atom stereocenters.